The quantitative estimate of drug-likeness (QED) is 0.345. The van der Waals surface area contributed by atoms with E-state index < -0.39 is 0 Å². The summed E-state index contributed by atoms with van der Waals surface area (Å²) in [5, 5.41) is 0. The highest BCUT2D eigenvalue weighted by Crippen LogP contribution is 2.44. The number of hydrogen-bond acceptors (Lipinski definition) is 5. The lowest BCUT2D eigenvalue weighted by molar-refractivity contribution is -0.148. The van der Waals surface area contributed by atoms with Crippen molar-refractivity contribution in [3.8, 4) is 0 Å². The molecule has 0 spiro atoms. The largest absolute Gasteiger partial charge is 0.462 e. The van der Waals surface area contributed by atoms with Gasteiger partial charge in [-0.05, 0) is 55.9 Å². The van der Waals surface area contributed by atoms with Gasteiger partial charge in [0.1, 0.15) is 12.2 Å². The SMILES string of the molecule is CC(=O)OC1C/C=C\CC(OC(=O)/C=C/c2cn(C)cn2)CC2C(C)=CCC(C(C)C)C2C1. The van der Waals surface area contributed by atoms with Crippen molar-refractivity contribution in [3.05, 3.63) is 48.1 Å². The van der Waals surface area contributed by atoms with Gasteiger partial charge in [-0.25, -0.2) is 9.78 Å². The highest BCUT2D eigenvalue weighted by atomic mass is 16.5. The summed E-state index contributed by atoms with van der Waals surface area (Å²) in [5.41, 5.74) is 2.08. The minimum Gasteiger partial charge on any atom is -0.462 e. The number of hydrogen-bond donors (Lipinski definition) is 0. The van der Waals surface area contributed by atoms with Gasteiger partial charge in [-0.15, -0.1) is 0 Å². The van der Waals surface area contributed by atoms with E-state index in [-0.39, 0.29) is 24.1 Å². The fourth-order valence-electron chi connectivity index (χ4n) is 5.33. The third kappa shape index (κ3) is 7.18. The molecule has 6 nitrogen and oxygen atoms in total. The van der Waals surface area contributed by atoms with E-state index >= 15 is 0 Å². The Kier molecular flexibility index (Phi) is 8.70. The predicted octanol–water partition coefficient (Wildman–Crippen LogP) is 5.26. The van der Waals surface area contributed by atoms with E-state index in [9.17, 15) is 9.59 Å². The van der Waals surface area contributed by atoms with E-state index in [0.717, 1.165) is 25.0 Å². The van der Waals surface area contributed by atoms with Crippen LogP contribution in [0.2, 0.25) is 0 Å². The Morgan fingerprint density at radius 2 is 1.82 bits per heavy atom. The van der Waals surface area contributed by atoms with Crippen LogP contribution in [0.25, 0.3) is 6.08 Å². The van der Waals surface area contributed by atoms with E-state index in [1.807, 2.05) is 17.8 Å². The average Bonchev–Trinajstić information content (AvgIpc) is 3.16. The molecule has 5 atom stereocenters. The number of carbonyl (C=O) groups is 2. The van der Waals surface area contributed by atoms with Crippen molar-refractivity contribution >= 4 is 18.0 Å². The number of imidazole rings is 1. The van der Waals surface area contributed by atoms with E-state index in [4.69, 9.17) is 9.47 Å². The molecule has 0 aliphatic heterocycles. The number of ether oxygens (including phenoxy) is 2. The minimum atomic E-state index is -0.344. The van der Waals surface area contributed by atoms with Crippen LogP contribution in [0.15, 0.2) is 42.4 Å². The number of aromatic nitrogens is 2. The number of allylic oxidation sites excluding steroid dienone is 2. The highest BCUT2D eigenvalue weighted by molar-refractivity contribution is 5.86. The fourth-order valence-corrected chi connectivity index (χ4v) is 5.33. The van der Waals surface area contributed by atoms with Crippen LogP contribution in [-0.4, -0.2) is 33.7 Å². The van der Waals surface area contributed by atoms with Crippen molar-refractivity contribution in [3.63, 3.8) is 0 Å². The number of nitrogens with zero attached hydrogens (tertiary/aromatic N) is 2. The van der Waals surface area contributed by atoms with Gasteiger partial charge in [-0.2, -0.15) is 0 Å². The van der Waals surface area contributed by atoms with Gasteiger partial charge in [-0.3, -0.25) is 4.79 Å². The fraction of sp³-hybridized carbons (Fsp3) is 0.593. The van der Waals surface area contributed by atoms with E-state index in [2.05, 4.69) is 44.0 Å². The van der Waals surface area contributed by atoms with Crippen LogP contribution in [0.4, 0.5) is 0 Å². The molecule has 33 heavy (non-hydrogen) atoms. The van der Waals surface area contributed by atoms with Crippen LogP contribution in [-0.2, 0) is 26.1 Å². The van der Waals surface area contributed by atoms with Gasteiger partial charge < -0.3 is 14.0 Å². The molecule has 6 heteroatoms. The molecule has 1 aromatic heterocycles. The summed E-state index contributed by atoms with van der Waals surface area (Å²) in [6.07, 6.45) is 16.9. The highest BCUT2D eigenvalue weighted by Gasteiger charge is 2.38. The van der Waals surface area contributed by atoms with Crippen molar-refractivity contribution in [1.82, 2.24) is 9.55 Å². The Labute approximate surface area is 197 Å². The molecule has 5 unspecified atom stereocenters. The first-order valence-corrected chi connectivity index (χ1v) is 12.1. The summed E-state index contributed by atoms with van der Waals surface area (Å²) in [6.45, 7) is 8.22. The van der Waals surface area contributed by atoms with E-state index in [1.54, 1.807) is 12.4 Å². The molecule has 0 fully saturated rings. The molecule has 3 rings (SSSR count). The van der Waals surface area contributed by atoms with Crippen molar-refractivity contribution in [2.24, 2.45) is 30.7 Å². The monoisotopic (exact) mass is 454 g/mol. The lowest BCUT2D eigenvalue weighted by atomic mass is 9.64. The van der Waals surface area contributed by atoms with Gasteiger partial charge in [0, 0.05) is 39.1 Å². The van der Waals surface area contributed by atoms with Gasteiger partial charge in [-0.1, -0.05) is 37.6 Å². The molecule has 0 saturated carbocycles. The average molecular weight is 455 g/mol. The van der Waals surface area contributed by atoms with Crippen molar-refractivity contribution in [2.75, 3.05) is 0 Å². The molecule has 0 radical (unpaired) electrons. The summed E-state index contributed by atoms with van der Waals surface area (Å²) in [7, 11) is 1.89. The summed E-state index contributed by atoms with van der Waals surface area (Å²) in [6, 6.07) is 0. The third-order valence-electron chi connectivity index (χ3n) is 6.97. The lowest BCUT2D eigenvalue weighted by Crippen LogP contribution is -2.37. The molecule has 0 bridgehead atoms. The Morgan fingerprint density at radius 3 is 2.42 bits per heavy atom. The lowest BCUT2D eigenvalue weighted by Gasteiger charge is -2.42. The molecule has 2 aliphatic carbocycles. The van der Waals surface area contributed by atoms with Crippen LogP contribution in [0.3, 0.4) is 0 Å². The van der Waals surface area contributed by atoms with Crippen LogP contribution in [0.5, 0.6) is 0 Å². The summed E-state index contributed by atoms with van der Waals surface area (Å²) in [5.74, 6) is 1.16. The molecule has 0 N–H and O–H groups in total. The topological polar surface area (TPSA) is 70.4 Å². The zero-order valence-corrected chi connectivity index (χ0v) is 20.6. The molecule has 0 amide bonds. The van der Waals surface area contributed by atoms with Gasteiger partial charge in [0.15, 0.2) is 0 Å². The number of esters is 2. The summed E-state index contributed by atoms with van der Waals surface area (Å²) < 4.78 is 13.4. The van der Waals surface area contributed by atoms with Gasteiger partial charge in [0.2, 0.25) is 0 Å². The molecule has 0 aromatic carbocycles. The molecule has 2 aliphatic rings. The second-order valence-electron chi connectivity index (χ2n) is 9.86. The number of fused-ring (bicyclic) bond motifs is 1. The normalized spacial score (nSPS) is 29.3. The number of aryl methyl sites for hydroxylation is 1. The van der Waals surface area contributed by atoms with Crippen molar-refractivity contribution in [1.29, 1.82) is 0 Å². The van der Waals surface area contributed by atoms with Gasteiger partial charge in [0.25, 0.3) is 0 Å². The Balaban J connectivity index is 1.79. The van der Waals surface area contributed by atoms with Crippen molar-refractivity contribution in [2.45, 2.75) is 72.0 Å². The zero-order chi connectivity index (χ0) is 24.0. The second-order valence-corrected chi connectivity index (χ2v) is 9.86. The van der Waals surface area contributed by atoms with Gasteiger partial charge >= 0.3 is 11.9 Å². The number of carbonyl (C=O) groups excluding carboxylic acids is 2. The zero-order valence-electron chi connectivity index (χ0n) is 20.6. The molecule has 1 heterocycles. The molecule has 180 valence electrons. The van der Waals surface area contributed by atoms with E-state index in [1.165, 1.54) is 18.6 Å². The molecular formula is C27H38N2O4. The second kappa shape index (κ2) is 11.5. The first-order valence-electron chi connectivity index (χ1n) is 12.1. The standard InChI is InChI=1S/C27H38N2O4/c1-18(2)24-12-10-19(3)25-14-23(33-27(31)13-11-21-16-29(5)17-28-21)9-7-6-8-22(15-26(24)25)32-20(4)30/h6-7,10-11,13,16-18,22-26H,8-9,12,14-15H2,1-5H3/b7-6-,13-11+. The molecule has 1 aromatic rings. The number of rotatable bonds is 5. The maximum atomic E-state index is 12.6. The maximum absolute atomic E-state index is 12.6. The molecular weight excluding hydrogens is 416 g/mol. The maximum Gasteiger partial charge on any atom is 0.331 e. The first kappa shape index (κ1) is 25.0. The van der Waals surface area contributed by atoms with Crippen LogP contribution >= 0.6 is 0 Å². The van der Waals surface area contributed by atoms with Crippen molar-refractivity contribution < 1.29 is 19.1 Å². The van der Waals surface area contributed by atoms with Crippen LogP contribution < -0.4 is 0 Å². The predicted molar refractivity (Wildman–Crippen MR) is 129 cm³/mol. The third-order valence-corrected chi connectivity index (χ3v) is 6.97. The Morgan fingerprint density at radius 1 is 1.12 bits per heavy atom. The van der Waals surface area contributed by atoms with Crippen LogP contribution in [0, 0.1) is 23.7 Å². The summed E-state index contributed by atoms with van der Waals surface area (Å²) in [4.78, 5) is 28.5. The van der Waals surface area contributed by atoms with Gasteiger partial charge in [0.05, 0.1) is 12.0 Å². The smallest absolute Gasteiger partial charge is 0.331 e. The van der Waals surface area contributed by atoms with E-state index in [0.29, 0.717) is 36.5 Å². The summed E-state index contributed by atoms with van der Waals surface area (Å²) >= 11 is 0. The molecule has 0 saturated heterocycles. The van der Waals surface area contributed by atoms with Crippen LogP contribution in [0.1, 0.15) is 65.5 Å². The first-order chi connectivity index (χ1) is 15.7. The Hall–Kier alpha value is -2.63. The Bertz CT molecular complexity index is 911. The minimum absolute atomic E-state index is 0.112.